The Labute approximate surface area is 151 Å². The van der Waals surface area contributed by atoms with Gasteiger partial charge in [0.25, 0.3) is 5.91 Å². The number of hydrogen-bond donors (Lipinski definition) is 2. The second-order valence-electron chi connectivity index (χ2n) is 6.36. The number of carbonyl (C=O) groups excluding carboxylic acids is 1. The number of pyridine rings is 1. The number of fused-ring (bicyclic) bond motifs is 1. The monoisotopic (exact) mass is 348 g/mol. The lowest BCUT2D eigenvalue weighted by molar-refractivity contribution is -0.139. The number of carboxylic acids is 1. The summed E-state index contributed by atoms with van der Waals surface area (Å²) in [6.07, 6.45) is 1.78. The minimum Gasteiger partial charge on any atom is -0.480 e. The molecule has 26 heavy (non-hydrogen) atoms. The van der Waals surface area contributed by atoms with Crippen LogP contribution in [0.5, 0.6) is 0 Å². The Morgan fingerprint density at radius 2 is 1.85 bits per heavy atom. The van der Waals surface area contributed by atoms with Gasteiger partial charge in [-0.25, -0.2) is 4.79 Å². The van der Waals surface area contributed by atoms with Crippen molar-refractivity contribution in [3.63, 3.8) is 0 Å². The Morgan fingerprint density at radius 3 is 2.58 bits per heavy atom. The summed E-state index contributed by atoms with van der Waals surface area (Å²) >= 11 is 0. The Hall–Kier alpha value is -3.21. The molecule has 0 unspecified atom stereocenters. The minimum atomic E-state index is -1.06. The predicted molar refractivity (Wildman–Crippen MR) is 100 cm³/mol. The highest BCUT2D eigenvalue weighted by molar-refractivity contribution is 6.06. The molecule has 3 rings (SSSR count). The first kappa shape index (κ1) is 17.6. The van der Waals surface area contributed by atoms with Crippen molar-refractivity contribution >= 4 is 22.8 Å². The van der Waals surface area contributed by atoms with Gasteiger partial charge >= 0.3 is 5.97 Å². The second kappa shape index (κ2) is 7.35. The van der Waals surface area contributed by atoms with E-state index in [4.69, 9.17) is 0 Å². The van der Waals surface area contributed by atoms with E-state index in [0.29, 0.717) is 16.5 Å². The van der Waals surface area contributed by atoms with Crippen LogP contribution in [-0.2, 0) is 11.2 Å². The normalized spacial score (nSPS) is 11.9. The zero-order valence-corrected chi connectivity index (χ0v) is 14.7. The zero-order chi connectivity index (χ0) is 18.7. The van der Waals surface area contributed by atoms with Gasteiger partial charge in [0.15, 0.2) is 0 Å². The molecule has 1 heterocycles. The fourth-order valence-electron chi connectivity index (χ4n) is 2.90. The number of benzene rings is 2. The molecule has 0 bridgehead atoms. The number of aryl methyl sites for hydroxylation is 2. The van der Waals surface area contributed by atoms with Gasteiger partial charge in [0.1, 0.15) is 6.04 Å². The van der Waals surface area contributed by atoms with Gasteiger partial charge in [-0.3, -0.25) is 9.78 Å². The van der Waals surface area contributed by atoms with Crippen LogP contribution in [0.1, 0.15) is 27.0 Å². The number of aliphatic carboxylic acids is 1. The van der Waals surface area contributed by atoms with E-state index in [9.17, 15) is 14.7 Å². The maximum Gasteiger partial charge on any atom is 0.326 e. The fraction of sp³-hybridized carbons (Fsp3) is 0.190. The molecule has 1 amide bonds. The van der Waals surface area contributed by atoms with Crippen LogP contribution >= 0.6 is 0 Å². The highest BCUT2D eigenvalue weighted by atomic mass is 16.4. The first-order valence-corrected chi connectivity index (χ1v) is 8.39. The van der Waals surface area contributed by atoms with Crippen molar-refractivity contribution in [2.45, 2.75) is 26.3 Å². The molecule has 0 aliphatic rings. The number of amides is 1. The number of nitrogens with one attached hydrogen (secondary N) is 1. The summed E-state index contributed by atoms with van der Waals surface area (Å²) in [5, 5.41) is 12.9. The predicted octanol–water partition coefficient (Wildman–Crippen LogP) is 3.28. The molecule has 0 saturated carbocycles. The van der Waals surface area contributed by atoms with Gasteiger partial charge < -0.3 is 10.4 Å². The summed E-state index contributed by atoms with van der Waals surface area (Å²) in [5.74, 6) is -1.48. The molecule has 3 aromatic rings. The fourth-order valence-corrected chi connectivity index (χ4v) is 2.90. The highest BCUT2D eigenvalue weighted by Gasteiger charge is 2.22. The lowest BCUT2D eigenvalue weighted by Crippen LogP contribution is -2.42. The van der Waals surface area contributed by atoms with E-state index in [-0.39, 0.29) is 6.42 Å². The molecule has 1 atom stereocenters. The summed E-state index contributed by atoms with van der Waals surface area (Å²) in [7, 11) is 0. The number of carboxylic acid groups (broad SMARTS) is 1. The Morgan fingerprint density at radius 1 is 1.08 bits per heavy atom. The standard InChI is InChI=1S/C21H20N2O3/c1-13-7-8-15(11-14(13)2)12-19(21(25)26)23-20(24)17-9-10-22-18-6-4-3-5-16(17)18/h3-11,19H,12H2,1-2H3,(H,23,24)(H,25,26)/t19-/m0/s1. The van der Waals surface area contributed by atoms with Crippen molar-refractivity contribution in [2.75, 3.05) is 0 Å². The number of aromatic nitrogens is 1. The van der Waals surface area contributed by atoms with Gasteiger partial charge in [0, 0.05) is 18.0 Å². The van der Waals surface area contributed by atoms with E-state index in [0.717, 1.165) is 16.7 Å². The van der Waals surface area contributed by atoms with Crippen molar-refractivity contribution in [3.8, 4) is 0 Å². The van der Waals surface area contributed by atoms with Crippen LogP contribution in [0.25, 0.3) is 10.9 Å². The highest BCUT2D eigenvalue weighted by Crippen LogP contribution is 2.17. The smallest absolute Gasteiger partial charge is 0.326 e. The summed E-state index contributed by atoms with van der Waals surface area (Å²) in [6.45, 7) is 3.99. The molecule has 5 heteroatoms. The molecule has 0 radical (unpaired) electrons. The molecule has 0 spiro atoms. The number of rotatable bonds is 5. The number of para-hydroxylation sites is 1. The van der Waals surface area contributed by atoms with Gasteiger partial charge in [-0.15, -0.1) is 0 Å². The van der Waals surface area contributed by atoms with E-state index < -0.39 is 17.9 Å². The zero-order valence-electron chi connectivity index (χ0n) is 14.7. The molecule has 132 valence electrons. The molecule has 2 aromatic carbocycles. The first-order chi connectivity index (χ1) is 12.5. The van der Waals surface area contributed by atoms with Crippen LogP contribution < -0.4 is 5.32 Å². The van der Waals surface area contributed by atoms with Crippen molar-refractivity contribution < 1.29 is 14.7 Å². The van der Waals surface area contributed by atoms with Gasteiger partial charge in [0.05, 0.1) is 11.1 Å². The van der Waals surface area contributed by atoms with Crippen LogP contribution in [0, 0.1) is 13.8 Å². The number of hydrogen-bond acceptors (Lipinski definition) is 3. The maximum atomic E-state index is 12.7. The minimum absolute atomic E-state index is 0.227. The van der Waals surface area contributed by atoms with Crippen LogP contribution in [0.3, 0.4) is 0 Å². The third-order valence-electron chi connectivity index (χ3n) is 4.51. The van der Waals surface area contributed by atoms with Gasteiger partial charge in [-0.05, 0) is 42.7 Å². The van der Waals surface area contributed by atoms with Gasteiger partial charge in [0.2, 0.25) is 0 Å². The molecule has 5 nitrogen and oxygen atoms in total. The SMILES string of the molecule is Cc1ccc(C[C@H](NC(=O)c2ccnc3ccccc23)C(=O)O)cc1C. The Balaban J connectivity index is 1.84. The third-order valence-corrected chi connectivity index (χ3v) is 4.51. The van der Waals surface area contributed by atoms with Crippen LogP contribution in [0.15, 0.2) is 54.7 Å². The van der Waals surface area contributed by atoms with E-state index in [1.54, 1.807) is 18.3 Å². The van der Waals surface area contributed by atoms with Gasteiger partial charge in [-0.2, -0.15) is 0 Å². The second-order valence-corrected chi connectivity index (χ2v) is 6.36. The van der Waals surface area contributed by atoms with Crippen LogP contribution in [-0.4, -0.2) is 28.0 Å². The molecular weight excluding hydrogens is 328 g/mol. The van der Waals surface area contributed by atoms with E-state index in [2.05, 4.69) is 10.3 Å². The summed E-state index contributed by atoms with van der Waals surface area (Å²) < 4.78 is 0. The Kier molecular flexibility index (Phi) is 4.98. The third kappa shape index (κ3) is 3.72. The largest absolute Gasteiger partial charge is 0.480 e. The summed E-state index contributed by atoms with van der Waals surface area (Å²) in [4.78, 5) is 28.6. The molecule has 0 saturated heterocycles. The van der Waals surface area contributed by atoms with Crippen molar-refractivity contribution in [1.29, 1.82) is 0 Å². The average Bonchev–Trinajstić information content (AvgIpc) is 2.63. The topological polar surface area (TPSA) is 79.3 Å². The first-order valence-electron chi connectivity index (χ1n) is 8.39. The molecule has 0 aliphatic heterocycles. The Bertz CT molecular complexity index is 977. The van der Waals surface area contributed by atoms with Gasteiger partial charge in [-0.1, -0.05) is 36.4 Å². The quantitative estimate of drug-likeness (QED) is 0.742. The lowest BCUT2D eigenvalue weighted by Gasteiger charge is -2.16. The summed E-state index contributed by atoms with van der Waals surface area (Å²) in [6, 6.07) is 13.7. The maximum absolute atomic E-state index is 12.7. The van der Waals surface area contributed by atoms with Crippen molar-refractivity contribution in [2.24, 2.45) is 0 Å². The van der Waals surface area contributed by atoms with E-state index in [1.165, 1.54) is 0 Å². The number of carbonyl (C=O) groups is 2. The molecule has 0 aliphatic carbocycles. The van der Waals surface area contributed by atoms with Crippen LogP contribution in [0.2, 0.25) is 0 Å². The van der Waals surface area contributed by atoms with Crippen LogP contribution in [0.4, 0.5) is 0 Å². The molecular formula is C21H20N2O3. The molecule has 1 aromatic heterocycles. The summed E-state index contributed by atoms with van der Waals surface area (Å²) in [5.41, 5.74) is 4.23. The van der Waals surface area contributed by atoms with E-state index in [1.807, 2.05) is 50.2 Å². The van der Waals surface area contributed by atoms with Crippen molar-refractivity contribution in [3.05, 3.63) is 77.0 Å². The average molecular weight is 348 g/mol. The molecule has 0 fully saturated rings. The van der Waals surface area contributed by atoms with Crippen molar-refractivity contribution in [1.82, 2.24) is 10.3 Å². The molecule has 2 N–H and O–H groups in total. The number of nitrogens with zero attached hydrogens (tertiary/aromatic N) is 1. The van der Waals surface area contributed by atoms with E-state index >= 15 is 0 Å². The lowest BCUT2D eigenvalue weighted by atomic mass is 10.0.